The molecule has 2 bridgehead atoms. The van der Waals surface area contributed by atoms with Crippen molar-refractivity contribution in [3.8, 4) is 5.75 Å². The molecule has 0 spiro atoms. The van der Waals surface area contributed by atoms with E-state index in [-0.39, 0.29) is 23.7 Å². The van der Waals surface area contributed by atoms with E-state index in [0.717, 1.165) is 4.90 Å². The van der Waals surface area contributed by atoms with E-state index in [1.54, 1.807) is 12.1 Å². The first kappa shape index (κ1) is 15.1. The van der Waals surface area contributed by atoms with Gasteiger partial charge in [0.05, 0.1) is 36.3 Å². The molecule has 0 aliphatic carbocycles. The fourth-order valence-electron chi connectivity index (χ4n) is 3.97. The maximum atomic E-state index is 13.0. The highest BCUT2D eigenvalue weighted by atomic mass is 16.5. The van der Waals surface area contributed by atoms with Crippen molar-refractivity contribution in [1.82, 2.24) is 0 Å². The Balaban J connectivity index is 1.82. The van der Waals surface area contributed by atoms with Crippen LogP contribution in [0.2, 0.25) is 0 Å². The van der Waals surface area contributed by atoms with Gasteiger partial charge in [-0.25, -0.2) is 4.90 Å². The summed E-state index contributed by atoms with van der Waals surface area (Å²) in [7, 11) is 1.47. The van der Waals surface area contributed by atoms with Crippen molar-refractivity contribution >= 4 is 23.3 Å². The van der Waals surface area contributed by atoms with Gasteiger partial charge in [0.1, 0.15) is 5.75 Å². The molecule has 3 aliphatic heterocycles. The van der Waals surface area contributed by atoms with Crippen LogP contribution in [0.1, 0.15) is 24.2 Å². The number of hydrogen-bond donors (Lipinski definition) is 0. The van der Waals surface area contributed by atoms with Gasteiger partial charge in [0.25, 0.3) is 0 Å². The number of ether oxygens (including phenoxy) is 2. The minimum absolute atomic E-state index is 0.143. The zero-order chi connectivity index (χ0) is 17.2. The van der Waals surface area contributed by atoms with Crippen LogP contribution in [0.5, 0.6) is 5.75 Å². The zero-order valence-corrected chi connectivity index (χ0v) is 13.6. The van der Waals surface area contributed by atoms with Crippen LogP contribution in [-0.4, -0.2) is 36.4 Å². The third-order valence-corrected chi connectivity index (χ3v) is 5.16. The highest BCUT2D eigenvalue weighted by Crippen LogP contribution is 2.53. The van der Waals surface area contributed by atoms with Gasteiger partial charge in [-0.15, -0.1) is 0 Å². The molecule has 2 saturated heterocycles. The molecule has 2 amide bonds. The van der Waals surface area contributed by atoms with Crippen LogP contribution < -0.4 is 9.64 Å². The van der Waals surface area contributed by atoms with E-state index in [1.807, 2.05) is 19.1 Å². The number of amides is 2. The predicted octanol–water partition coefficient (Wildman–Crippen LogP) is 1.73. The van der Waals surface area contributed by atoms with Crippen LogP contribution in [0.15, 0.2) is 30.4 Å². The molecular formula is C18H17NO5. The fourth-order valence-corrected chi connectivity index (χ4v) is 3.97. The van der Waals surface area contributed by atoms with Gasteiger partial charge in [-0.3, -0.25) is 14.4 Å². The summed E-state index contributed by atoms with van der Waals surface area (Å²) in [6.07, 6.45) is 3.33. The van der Waals surface area contributed by atoms with Crippen LogP contribution in [0, 0.1) is 11.8 Å². The monoisotopic (exact) mass is 327 g/mol. The second-order valence-electron chi connectivity index (χ2n) is 6.58. The zero-order valence-electron chi connectivity index (χ0n) is 13.6. The third kappa shape index (κ3) is 1.77. The van der Waals surface area contributed by atoms with Crippen molar-refractivity contribution in [2.45, 2.75) is 25.6 Å². The molecule has 4 atom stereocenters. The smallest absolute Gasteiger partial charge is 0.241 e. The van der Waals surface area contributed by atoms with Crippen molar-refractivity contribution in [1.29, 1.82) is 0 Å². The number of imide groups is 1. The second kappa shape index (κ2) is 4.77. The molecule has 0 N–H and O–H groups in total. The largest absolute Gasteiger partial charge is 0.495 e. The Morgan fingerprint density at radius 2 is 2.04 bits per heavy atom. The summed E-state index contributed by atoms with van der Waals surface area (Å²) in [5.41, 5.74) is -0.00738. The number of ketones is 1. The van der Waals surface area contributed by atoms with Crippen LogP contribution in [-0.2, 0) is 14.3 Å². The van der Waals surface area contributed by atoms with Crippen molar-refractivity contribution in [2.75, 3.05) is 12.0 Å². The van der Waals surface area contributed by atoms with Gasteiger partial charge in [-0.1, -0.05) is 12.2 Å². The predicted molar refractivity (Wildman–Crippen MR) is 84.9 cm³/mol. The lowest BCUT2D eigenvalue weighted by molar-refractivity contribution is -0.126. The number of anilines is 1. The summed E-state index contributed by atoms with van der Waals surface area (Å²) in [5, 5.41) is 0. The number of hydrogen-bond acceptors (Lipinski definition) is 5. The molecule has 3 heterocycles. The average Bonchev–Trinajstić information content (AvgIpc) is 3.15. The molecule has 3 aliphatic rings. The van der Waals surface area contributed by atoms with Crippen LogP contribution in [0.3, 0.4) is 0 Å². The van der Waals surface area contributed by atoms with Crippen LogP contribution in [0.25, 0.3) is 0 Å². The van der Waals surface area contributed by atoms with Gasteiger partial charge in [0, 0.05) is 5.56 Å². The Bertz CT molecular complexity index is 814. The molecule has 4 rings (SSSR count). The van der Waals surface area contributed by atoms with E-state index in [1.165, 1.54) is 20.1 Å². The van der Waals surface area contributed by atoms with Gasteiger partial charge in [0.15, 0.2) is 5.78 Å². The molecule has 1 aromatic rings. The first-order chi connectivity index (χ1) is 11.4. The summed E-state index contributed by atoms with van der Waals surface area (Å²) >= 11 is 0. The number of rotatable bonds is 3. The maximum Gasteiger partial charge on any atom is 0.241 e. The Morgan fingerprint density at radius 3 is 2.67 bits per heavy atom. The molecule has 24 heavy (non-hydrogen) atoms. The molecule has 0 aromatic heterocycles. The number of nitrogens with zero attached hydrogens (tertiary/aromatic N) is 1. The lowest BCUT2D eigenvalue weighted by Crippen LogP contribution is -2.38. The second-order valence-corrected chi connectivity index (χ2v) is 6.58. The molecule has 0 radical (unpaired) electrons. The van der Waals surface area contributed by atoms with E-state index in [9.17, 15) is 14.4 Å². The van der Waals surface area contributed by atoms with E-state index in [2.05, 4.69) is 0 Å². The lowest BCUT2D eigenvalue weighted by atomic mass is 9.78. The Hall–Kier alpha value is -2.47. The van der Waals surface area contributed by atoms with Crippen LogP contribution >= 0.6 is 0 Å². The van der Waals surface area contributed by atoms with Gasteiger partial charge < -0.3 is 9.47 Å². The van der Waals surface area contributed by atoms with Crippen molar-refractivity contribution in [3.63, 3.8) is 0 Å². The first-order valence-electron chi connectivity index (χ1n) is 7.81. The van der Waals surface area contributed by atoms with Gasteiger partial charge >= 0.3 is 0 Å². The number of carbonyl (C=O) groups is 3. The molecule has 0 saturated carbocycles. The standard InChI is InChI=1S/C18H17NO5/c1-9(20)10-4-5-12(23-3)11(8-10)19-16(21)14-13-6-7-18(2,24-13)15(14)17(19)22/h4-8,13-15H,1-3H3/t13-,14+,15-,18-/m1/s1. The Kier molecular flexibility index (Phi) is 3.00. The molecule has 124 valence electrons. The number of fused-ring (bicyclic) bond motifs is 5. The summed E-state index contributed by atoms with van der Waals surface area (Å²) < 4.78 is 11.1. The minimum Gasteiger partial charge on any atom is -0.495 e. The molecule has 0 unspecified atom stereocenters. The van der Waals surface area contributed by atoms with Gasteiger partial charge in [-0.05, 0) is 32.0 Å². The number of benzene rings is 1. The summed E-state index contributed by atoms with van der Waals surface area (Å²) in [6, 6.07) is 4.76. The van der Waals surface area contributed by atoms with E-state index >= 15 is 0 Å². The molecular weight excluding hydrogens is 310 g/mol. The van der Waals surface area contributed by atoms with Crippen molar-refractivity contribution < 1.29 is 23.9 Å². The fraction of sp³-hybridized carbons (Fsp3) is 0.389. The number of methoxy groups -OCH3 is 1. The van der Waals surface area contributed by atoms with E-state index in [4.69, 9.17) is 9.47 Å². The van der Waals surface area contributed by atoms with E-state index < -0.39 is 17.4 Å². The summed E-state index contributed by atoms with van der Waals surface area (Å²) in [5.74, 6) is -1.42. The van der Waals surface area contributed by atoms with Gasteiger partial charge in [0.2, 0.25) is 11.8 Å². The summed E-state index contributed by atoms with van der Waals surface area (Å²) in [4.78, 5) is 38.8. The number of Topliss-reactive ketones (excluding diaryl/α,β-unsaturated/α-hetero) is 1. The maximum absolute atomic E-state index is 13.0. The number of carbonyl (C=O) groups excluding carboxylic acids is 3. The van der Waals surface area contributed by atoms with Gasteiger partial charge in [-0.2, -0.15) is 0 Å². The molecule has 6 nitrogen and oxygen atoms in total. The minimum atomic E-state index is -0.748. The lowest BCUT2D eigenvalue weighted by Gasteiger charge is -2.24. The third-order valence-electron chi connectivity index (χ3n) is 5.16. The average molecular weight is 327 g/mol. The quantitative estimate of drug-likeness (QED) is 0.480. The van der Waals surface area contributed by atoms with Crippen molar-refractivity contribution in [2.24, 2.45) is 11.8 Å². The van der Waals surface area contributed by atoms with Crippen LogP contribution in [0.4, 0.5) is 5.69 Å². The topological polar surface area (TPSA) is 72.9 Å². The highest BCUT2D eigenvalue weighted by molar-refractivity contribution is 6.24. The van der Waals surface area contributed by atoms with Crippen molar-refractivity contribution in [3.05, 3.63) is 35.9 Å². The van der Waals surface area contributed by atoms with E-state index in [0.29, 0.717) is 17.0 Å². The molecule has 2 fully saturated rings. The Morgan fingerprint density at radius 1 is 1.29 bits per heavy atom. The Labute approximate surface area is 139 Å². The SMILES string of the molecule is COc1ccc(C(C)=O)cc1N1C(=O)[C@H]2[C@H]3C=C[C@@](C)(O3)[C@H]2C1=O. The molecule has 1 aromatic carbocycles. The first-order valence-corrected chi connectivity index (χ1v) is 7.81. The molecule has 6 heteroatoms. The highest BCUT2D eigenvalue weighted by Gasteiger charge is 2.66. The normalized spacial score (nSPS) is 33.3. The summed E-state index contributed by atoms with van der Waals surface area (Å²) in [6.45, 7) is 3.26.